The number of allylic oxidation sites excluding steroid dienone is 1. The topological polar surface area (TPSA) is 36.9 Å². The molecule has 0 atom stereocenters. The fourth-order valence-electron chi connectivity index (χ4n) is 1.96. The Labute approximate surface area is 155 Å². The summed E-state index contributed by atoms with van der Waals surface area (Å²) < 4.78 is 18.3. The van der Waals surface area contributed by atoms with E-state index in [0.29, 0.717) is 12.4 Å². The fourth-order valence-corrected chi connectivity index (χ4v) is 1.96. The van der Waals surface area contributed by atoms with E-state index in [0.717, 1.165) is 38.3 Å². The van der Waals surface area contributed by atoms with E-state index < -0.39 is 0 Å². The van der Waals surface area contributed by atoms with Crippen molar-refractivity contribution in [2.45, 2.75) is 19.3 Å². The average Bonchev–Trinajstić information content (AvgIpc) is 2.52. The molecule has 1 rings (SSSR count). The molecule has 4 nitrogen and oxygen atoms in total. The Morgan fingerprint density at radius 2 is 2.04 bits per heavy atom. The fraction of sp³-hybridized carbons (Fsp3) is 0.471. The molecular weight excluding hydrogens is 408 g/mol. The standard InChI is InChI=1S/C17H26FN3O.HI/c1-4-5-6-13-21(3)17(19-2)20-12-7-14-22-16-10-8-15(18)9-11-16;/h4,8-11H,1,5-7,12-14H2,2-3H3,(H,19,20);1H. The summed E-state index contributed by atoms with van der Waals surface area (Å²) in [6.07, 6.45) is 4.84. The average molecular weight is 435 g/mol. The Morgan fingerprint density at radius 3 is 2.65 bits per heavy atom. The zero-order valence-corrected chi connectivity index (χ0v) is 16.3. The lowest BCUT2D eigenvalue weighted by Gasteiger charge is -2.21. The number of benzene rings is 1. The molecule has 0 aliphatic carbocycles. The molecule has 0 aliphatic heterocycles. The summed E-state index contributed by atoms with van der Waals surface area (Å²) in [6.45, 7) is 6.02. The Bertz CT molecular complexity index is 465. The van der Waals surface area contributed by atoms with Gasteiger partial charge in [0.2, 0.25) is 0 Å². The maximum atomic E-state index is 12.8. The van der Waals surface area contributed by atoms with Gasteiger partial charge in [0.05, 0.1) is 6.61 Å². The van der Waals surface area contributed by atoms with Crippen molar-refractivity contribution in [3.63, 3.8) is 0 Å². The molecule has 0 saturated carbocycles. The SMILES string of the molecule is C=CCCCN(C)C(=NC)NCCCOc1ccc(F)cc1.I. The number of rotatable bonds is 9. The van der Waals surface area contributed by atoms with Gasteiger partial charge in [-0.05, 0) is 43.5 Å². The van der Waals surface area contributed by atoms with Crippen molar-refractivity contribution in [2.75, 3.05) is 33.8 Å². The molecule has 0 fully saturated rings. The van der Waals surface area contributed by atoms with Crippen molar-refractivity contribution in [3.8, 4) is 5.75 Å². The third kappa shape index (κ3) is 9.43. The maximum absolute atomic E-state index is 12.8. The van der Waals surface area contributed by atoms with Gasteiger partial charge in [0.25, 0.3) is 0 Å². The Morgan fingerprint density at radius 1 is 1.35 bits per heavy atom. The first kappa shape index (κ1) is 21.7. The monoisotopic (exact) mass is 435 g/mol. The van der Waals surface area contributed by atoms with E-state index in [1.54, 1.807) is 19.2 Å². The van der Waals surface area contributed by atoms with Gasteiger partial charge in [-0.25, -0.2) is 4.39 Å². The molecule has 0 saturated heterocycles. The van der Waals surface area contributed by atoms with Crippen LogP contribution in [0.3, 0.4) is 0 Å². The summed E-state index contributed by atoms with van der Waals surface area (Å²) in [5, 5.41) is 3.30. The predicted molar refractivity (Wildman–Crippen MR) is 105 cm³/mol. The highest BCUT2D eigenvalue weighted by atomic mass is 127. The third-order valence-electron chi connectivity index (χ3n) is 3.16. The second-order valence-electron chi connectivity index (χ2n) is 4.98. The van der Waals surface area contributed by atoms with E-state index in [4.69, 9.17) is 4.74 Å². The first-order valence-electron chi connectivity index (χ1n) is 7.58. The number of hydrogen-bond donors (Lipinski definition) is 1. The number of unbranched alkanes of at least 4 members (excludes halogenated alkanes) is 1. The van der Waals surface area contributed by atoms with E-state index >= 15 is 0 Å². The number of aliphatic imine (C=N–C) groups is 1. The summed E-state index contributed by atoms with van der Waals surface area (Å²) in [6, 6.07) is 6.06. The summed E-state index contributed by atoms with van der Waals surface area (Å²) in [5.41, 5.74) is 0. The number of guanidine groups is 1. The molecule has 1 aromatic rings. The van der Waals surface area contributed by atoms with Crippen LogP contribution in [0.2, 0.25) is 0 Å². The molecule has 130 valence electrons. The van der Waals surface area contributed by atoms with E-state index in [1.807, 2.05) is 13.1 Å². The van der Waals surface area contributed by atoms with Crippen LogP contribution in [0.25, 0.3) is 0 Å². The molecule has 0 heterocycles. The maximum Gasteiger partial charge on any atom is 0.193 e. The van der Waals surface area contributed by atoms with Gasteiger partial charge in [-0.1, -0.05) is 6.08 Å². The molecule has 0 bridgehead atoms. The minimum absolute atomic E-state index is 0. The van der Waals surface area contributed by atoms with Crippen molar-refractivity contribution in [3.05, 3.63) is 42.7 Å². The van der Waals surface area contributed by atoms with Crippen LogP contribution in [0.15, 0.2) is 41.9 Å². The molecule has 6 heteroatoms. The van der Waals surface area contributed by atoms with Crippen LogP contribution in [0.4, 0.5) is 4.39 Å². The minimum Gasteiger partial charge on any atom is -0.494 e. The van der Waals surface area contributed by atoms with Crippen LogP contribution < -0.4 is 10.1 Å². The molecule has 23 heavy (non-hydrogen) atoms. The molecule has 0 radical (unpaired) electrons. The van der Waals surface area contributed by atoms with E-state index in [9.17, 15) is 4.39 Å². The zero-order chi connectivity index (χ0) is 16.2. The van der Waals surface area contributed by atoms with E-state index in [1.165, 1.54) is 12.1 Å². The third-order valence-corrected chi connectivity index (χ3v) is 3.16. The van der Waals surface area contributed by atoms with Crippen molar-refractivity contribution in [2.24, 2.45) is 4.99 Å². The minimum atomic E-state index is -0.252. The van der Waals surface area contributed by atoms with Gasteiger partial charge in [-0.3, -0.25) is 4.99 Å². The van der Waals surface area contributed by atoms with Crippen LogP contribution in [0, 0.1) is 5.82 Å². The predicted octanol–water partition coefficient (Wildman–Crippen LogP) is 3.69. The number of hydrogen-bond acceptors (Lipinski definition) is 2. The first-order chi connectivity index (χ1) is 10.7. The first-order valence-corrected chi connectivity index (χ1v) is 7.58. The van der Waals surface area contributed by atoms with Gasteiger partial charge in [-0.15, -0.1) is 30.6 Å². The van der Waals surface area contributed by atoms with Gasteiger partial charge < -0.3 is 15.0 Å². The molecule has 1 N–H and O–H groups in total. The Hall–Kier alpha value is -1.31. The Balaban J connectivity index is 0.00000484. The van der Waals surface area contributed by atoms with Crippen LogP contribution in [0.1, 0.15) is 19.3 Å². The van der Waals surface area contributed by atoms with E-state index in [2.05, 4.69) is 21.8 Å². The summed E-state index contributed by atoms with van der Waals surface area (Å²) >= 11 is 0. The van der Waals surface area contributed by atoms with Gasteiger partial charge in [0.1, 0.15) is 11.6 Å². The summed E-state index contributed by atoms with van der Waals surface area (Å²) in [5.74, 6) is 1.32. The molecule has 0 spiro atoms. The molecular formula is C17H27FIN3O. The normalized spacial score (nSPS) is 10.7. The number of ether oxygens (including phenoxy) is 1. The highest BCUT2D eigenvalue weighted by Crippen LogP contribution is 2.10. The second kappa shape index (κ2) is 13.2. The largest absolute Gasteiger partial charge is 0.494 e. The van der Waals surface area contributed by atoms with E-state index in [-0.39, 0.29) is 29.8 Å². The molecule has 0 unspecified atom stereocenters. The van der Waals surface area contributed by atoms with Crippen molar-refractivity contribution in [1.29, 1.82) is 0 Å². The van der Waals surface area contributed by atoms with Crippen LogP contribution in [-0.4, -0.2) is 44.7 Å². The molecule has 0 amide bonds. The van der Waals surface area contributed by atoms with Gasteiger partial charge >= 0.3 is 0 Å². The van der Waals surface area contributed by atoms with Crippen LogP contribution >= 0.6 is 24.0 Å². The number of halogens is 2. The summed E-state index contributed by atoms with van der Waals surface area (Å²) in [4.78, 5) is 6.36. The van der Waals surface area contributed by atoms with Crippen LogP contribution in [-0.2, 0) is 0 Å². The molecule has 1 aromatic carbocycles. The zero-order valence-electron chi connectivity index (χ0n) is 13.9. The van der Waals surface area contributed by atoms with Gasteiger partial charge in [-0.2, -0.15) is 0 Å². The number of nitrogens with one attached hydrogen (secondary N) is 1. The highest BCUT2D eigenvalue weighted by molar-refractivity contribution is 14.0. The second-order valence-corrected chi connectivity index (χ2v) is 4.98. The van der Waals surface area contributed by atoms with Crippen molar-refractivity contribution in [1.82, 2.24) is 10.2 Å². The lowest BCUT2D eigenvalue weighted by molar-refractivity contribution is 0.310. The lowest BCUT2D eigenvalue weighted by Crippen LogP contribution is -2.40. The quantitative estimate of drug-likeness (QED) is 0.211. The van der Waals surface area contributed by atoms with Crippen molar-refractivity contribution < 1.29 is 9.13 Å². The highest BCUT2D eigenvalue weighted by Gasteiger charge is 2.04. The van der Waals surface area contributed by atoms with Crippen molar-refractivity contribution >= 4 is 29.9 Å². The molecule has 0 aliphatic rings. The van der Waals surface area contributed by atoms with Gasteiger partial charge in [0, 0.05) is 27.2 Å². The Kier molecular flexibility index (Phi) is 12.4. The van der Waals surface area contributed by atoms with Gasteiger partial charge in [0.15, 0.2) is 5.96 Å². The van der Waals surface area contributed by atoms with Crippen LogP contribution in [0.5, 0.6) is 5.75 Å². The molecule has 0 aromatic heterocycles. The lowest BCUT2D eigenvalue weighted by atomic mass is 10.3. The summed E-state index contributed by atoms with van der Waals surface area (Å²) in [7, 11) is 3.80. The number of nitrogens with zero attached hydrogens (tertiary/aromatic N) is 2. The smallest absolute Gasteiger partial charge is 0.193 e.